The Hall–Kier alpha value is -0.840. The monoisotopic (exact) mass is 301 g/mol. The SMILES string of the molecule is CCn1ncc(NC(C)(CC)CC)c(Br)c1=O. The molecule has 0 aliphatic rings. The number of nitrogens with zero attached hydrogens (tertiary/aromatic N) is 2. The van der Waals surface area contributed by atoms with Gasteiger partial charge < -0.3 is 5.32 Å². The third-order valence-corrected chi connectivity index (χ3v) is 4.05. The molecule has 0 saturated heterocycles. The maximum atomic E-state index is 11.9. The van der Waals surface area contributed by atoms with Crippen molar-refractivity contribution in [3.05, 3.63) is 21.0 Å². The van der Waals surface area contributed by atoms with Crippen molar-refractivity contribution in [3.8, 4) is 0 Å². The van der Waals surface area contributed by atoms with E-state index < -0.39 is 0 Å². The molecule has 0 radical (unpaired) electrons. The number of anilines is 1. The van der Waals surface area contributed by atoms with E-state index in [1.165, 1.54) is 4.68 Å². The van der Waals surface area contributed by atoms with Crippen molar-refractivity contribution in [1.29, 1.82) is 0 Å². The van der Waals surface area contributed by atoms with E-state index in [1.807, 2.05) is 6.92 Å². The van der Waals surface area contributed by atoms with Crippen LogP contribution >= 0.6 is 15.9 Å². The number of rotatable bonds is 5. The van der Waals surface area contributed by atoms with Crippen molar-refractivity contribution in [3.63, 3.8) is 0 Å². The van der Waals surface area contributed by atoms with E-state index in [-0.39, 0.29) is 11.1 Å². The molecule has 0 aliphatic heterocycles. The highest BCUT2D eigenvalue weighted by Gasteiger charge is 2.21. The Balaban J connectivity index is 3.09. The third-order valence-electron chi connectivity index (χ3n) is 3.28. The van der Waals surface area contributed by atoms with Gasteiger partial charge in [0, 0.05) is 12.1 Å². The Morgan fingerprint density at radius 1 is 1.41 bits per heavy atom. The van der Waals surface area contributed by atoms with Gasteiger partial charge in [0.05, 0.1) is 11.9 Å². The summed E-state index contributed by atoms with van der Waals surface area (Å²) < 4.78 is 1.99. The molecule has 0 unspecified atom stereocenters. The zero-order valence-corrected chi connectivity index (χ0v) is 12.5. The van der Waals surface area contributed by atoms with Crippen molar-refractivity contribution in [2.75, 3.05) is 5.32 Å². The van der Waals surface area contributed by atoms with E-state index in [4.69, 9.17) is 0 Å². The summed E-state index contributed by atoms with van der Waals surface area (Å²) in [5, 5.41) is 7.51. The first-order valence-electron chi connectivity index (χ1n) is 6.01. The zero-order chi connectivity index (χ0) is 13.1. The quantitative estimate of drug-likeness (QED) is 0.909. The molecular weight excluding hydrogens is 282 g/mol. The smallest absolute Gasteiger partial charge is 0.283 e. The van der Waals surface area contributed by atoms with Gasteiger partial charge in [-0.15, -0.1) is 0 Å². The molecule has 1 N–H and O–H groups in total. The third kappa shape index (κ3) is 3.09. The molecule has 0 amide bonds. The first-order valence-corrected chi connectivity index (χ1v) is 6.80. The van der Waals surface area contributed by atoms with Gasteiger partial charge in [0.15, 0.2) is 0 Å². The van der Waals surface area contributed by atoms with Crippen LogP contribution in [0.5, 0.6) is 0 Å². The predicted molar refractivity (Wildman–Crippen MR) is 74.5 cm³/mol. The largest absolute Gasteiger partial charge is 0.378 e. The molecule has 1 heterocycles. The number of aromatic nitrogens is 2. The van der Waals surface area contributed by atoms with Crippen LogP contribution in [0, 0.1) is 0 Å². The van der Waals surface area contributed by atoms with Crippen molar-refractivity contribution in [2.45, 2.75) is 52.6 Å². The molecule has 0 aliphatic carbocycles. The highest BCUT2D eigenvalue weighted by Crippen LogP contribution is 2.24. The van der Waals surface area contributed by atoms with Gasteiger partial charge in [0.1, 0.15) is 4.47 Å². The van der Waals surface area contributed by atoms with Crippen LogP contribution in [-0.4, -0.2) is 15.3 Å². The van der Waals surface area contributed by atoms with Crippen LogP contribution < -0.4 is 10.9 Å². The maximum Gasteiger partial charge on any atom is 0.283 e. The molecule has 1 rings (SSSR count). The molecule has 17 heavy (non-hydrogen) atoms. The normalized spacial score (nSPS) is 11.6. The van der Waals surface area contributed by atoms with Gasteiger partial charge in [-0.1, -0.05) is 13.8 Å². The van der Waals surface area contributed by atoms with Gasteiger partial charge in [0.25, 0.3) is 5.56 Å². The lowest BCUT2D eigenvalue weighted by atomic mass is 9.95. The minimum atomic E-state index is -0.0907. The summed E-state index contributed by atoms with van der Waals surface area (Å²) in [5.41, 5.74) is 0.674. The molecule has 0 fully saturated rings. The van der Waals surface area contributed by atoms with Crippen LogP contribution in [0.4, 0.5) is 5.69 Å². The van der Waals surface area contributed by atoms with Gasteiger partial charge in [-0.05, 0) is 42.6 Å². The molecule has 1 aromatic heterocycles. The van der Waals surface area contributed by atoms with Crippen LogP contribution in [-0.2, 0) is 6.54 Å². The molecule has 0 bridgehead atoms. The average molecular weight is 302 g/mol. The highest BCUT2D eigenvalue weighted by molar-refractivity contribution is 9.10. The number of nitrogens with one attached hydrogen (secondary N) is 1. The highest BCUT2D eigenvalue weighted by atomic mass is 79.9. The Morgan fingerprint density at radius 3 is 2.47 bits per heavy atom. The van der Waals surface area contributed by atoms with E-state index >= 15 is 0 Å². The molecule has 0 spiro atoms. The summed E-state index contributed by atoms with van der Waals surface area (Å²) >= 11 is 3.35. The van der Waals surface area contributed by atoms with Gasteiger partial charge >= 0.3 is 0 Å². The van der Waals surface area contributed by atoms with E-state index in [2.05, 4.69) is 47.1 Å². The average Bonchev–Trinajstić information content (AvgIpc) is 2.35. The standard InChI is InChI=1S/C12H20BrN3O/c1-5-12(4,6-2)15-9-8-14-16(7-3)11(17)10(9)13/h8,15H,5-7H2,1-4H3. The summed E-state index contributed by atoms with van der Waals surface area (Å²) in [6, 6.07) is 0. The van der Waals surface area contributed by atoms with Crippen LogP contribution in [0.3, 0.4) is 0 Å². The fourth-order valence-corrected chi connectivity index (χ4v) is 1.94. The topological polar surface area (TPSA) is 46.9 Å². The van der Waals surface area contributed by atoms with E-state index in [0.29, 0.717) is 11.0 Å². The summed E-state index contributed by atoms with van der Waals surface area (Å²) in [7, 11) is 0. The number of halogens is 1. The van der Waals surface area contributed by atoms with Crippen molar-refractivity contribution in [1.82, 2.24) is 9.78 Å². The van der Waals surface area contributed by atoms with E-state index in [9.17, 15) is 4.79 Å². The number of hydrogen-bond donors (Lipinski definition) is 1. The second kappa shape index (κ2) is 5.67. The first kappa shape index (κ1) is 14.2. The van der Waals surface area contributed by atoms with Crippen molar-refractivity contribution in [2.24, 2.45) is 0 Å². The summed E-state index contributed by atoms with van der Waals surface area (Å²) in [6.45, 7) is 8.88. The Kier molecular flexibility index (Phi) is 4.74. The Labute approximate surface area is 111 Å². The second-order valence-corrected chi connectivity index (χ2v) is 5.18. The van der Waals surface area contributed by atoms with Gasteiger partial charge in [-0.3, -0.25) is 4.79 Å². The first-order chi connectivity index (χ1) is 7.97. The van der Waals surface area contributed by atoms with Crippen molar-refractivity contribution >= 4 is 21.6 Å². The second-order valence-electron chi connectivity index (χ2n) is 4.39. The van der Waals surface area contributed by atoms with Gasteiger partial charge in [-0.25, -0.2) is 4.68 Å². The number of hydrogen-bond acceptors (Lipinski definition) is 3. The maximum absolute atomic E-state index is 11.9. The molecule has 0 atom stereocenters. The van der Waals surface area contributed by atoms with Crippen LogP contribution in [0.15, 0.2) is 15.5 Å². The minimum absolute atomic E-state index is 0.00492. The fraction of sp³-hybridized carbons (Fsp3) is 0.667. The predicted octanol–water partition coefficient (Wildman–Crippen LogP) is 3.02. The Bertz CT molecular complexity index is 438. The molecule has 1 aromatic rings. The fourth-order valence-electron chi connectivity index (χ4n) is 1.53. The van der Waals surface area contributed by atoms with E-state index in [1.54, 1.807) is 6.20 Å². The molecule has 5 heteroatoms. The Morgan fingerprint density at radius 2 is 2.00 bits per heavy atom. The molecule has 0 aromatic carbocycles. The van der Waals surface area contributed by atoms with Crippen LogP contribution in [0.2, 0.25) is 0 Å². The molecule has 4 nitrogen and oxygen atoms in total. The minimum Gasteiger partial charge on any atom is -0.378 e. The lowest BCUT2D eigenvalue weighted by Gasteiger charge is -2.29. The zero-order valence-electron chi connectivity index (χ0n) is 10.9. The summed E-state index contributed by atoms with van der Waals surface area (Å²) in [6.07, 6.45) is 3.69. The molecule has 96 valence electrons. The van der Waals surface area contributed by atoms with Crippen molar-refractivity contribution < 1.29 is 0 Å². The van der Waals surface area contributed by atoms with Crippen LogP contribution in [0.1, 0.15) is 40.5 Å². The number of aryl methyl sites for hydroxylation is 1. The van der Waals surface area contributed by atoms with Crippen LogP contribution in [0.25, 0.3) is 0 Å². The summed E-state index contributed by atoms with van der Waals surface area (Å²) in [4.78, 5) is 11.9. The van der Waals surface area contributed by atoms with Gasteiger partial charge in [0.2, 0.25) is 0 Å². The van der Waals surface area contributed by atoms with E-state index in [0.717, 1.165) is 18.5 Å². The molecular formula is C12H20BrN3O. The molecule has 0 saturated carbocycles. The summed E-state index contributed by atoms with van der Waals surface area (Å²) in [5.74, 6) is 0. The lowest BCUT2D eigenvalue weighted by Crippen LogP contribution is -2.34. The lowest BCUT2D eigenvalue weighted by molar-refractivity contribution is 0.477. The van der Waals surface area contributed by atoms with Gasteiger partial charge in [-0.2, -0.15) is 5.10 Å².